The normalized spacial score (nSPS) is 15.8. The second-order valence-electron chi connectivity index (χ2n) is 4.52. The molecule has 0 bridgehead atoms. The first-order valence-electron chi connectivity index (χ1n) is 5.65. The lowest BCUT2D eigenvalue weighted by molar-refractivity contribution is -0.399. The Labute approximate surface area is 118 Å². The van der Waals surface area contributed by atoms with Crippen molar-refractivity contribution in [3.8, 4) is 0 Å². The SMILES string of the molecule is CC(O)c1cccc(C(F)(F)C(F)(F)C(F)(F)C(F)(F)F)c1. The maximum Gasteiger partial charge on any atom is 0.460 e. The predicted molar refractivity (Wildman–Crippen MR) is 56.9 cm³/mol. The fourth-order valence-electron chi connectivity index (χ4n) is 1.55. The summed E-state index contributed by atoms with van der Waals surface area (Å²) in [5, 5.41) is 9.15. The fraction of sp³-hybridized carbons (Fsp3) is 0.500. The molecule has 10 heteroatoms. The van der Waals surface area contributed by atoms with E-state index in [9.17, 15) is 39.5 Å². The van der Waals surface area contributed by atoms with Gasteiger partial charge in [-0.2, -0.15) is 39.5 Å². The topological polar surface area (TPSA) is 20.2 Å². The standard InChI is InChI=1S/C12H9F9O/c1-6(22)7-3-2-4-8(5-7)9(13,14)10(15,16)11(17,18)12(19,20)21/h2-6,22H,1H3. The number of aliphatic hydroxyl groups excluding tert-OH is 1. The molecule has 22 heavy (non-hydrogen) atoms. The zero-order chi connectivity index (χ0) is 17.6. The van der Waals surface area contributed by atoms with Crippen LogP contribution < -0.4 is 0 Å². The maximum atomic E-state index is 13.6. The first-order valence-corrected chi connectivity index (χ1v) is 5.65. The largest absolute Gasteiger partial charge is 0.460 e. The number of benzene rings is 1. The van der Waals surface area contributed by atoms with Crippen LogP contribution in [0.2, 0.25) is 0 Å². The molecule has 1 aromatic carbocycles. The second-order valence-corrected chi connectivity index (χ2v) is 4.52. The van der Waals surface area contributed by atoms with E-state index in [2.05, 4.69) is 0 Å². The lowest BCUT2D eigenvalue weighted by atomic mass is 9.94. The van der Waals surface area contributed by atoms with Crippen LogP contribution >= 0.6 is 0 Å². The summed E-state index contributed by atoms with van der Waals surface area (Å²) < 4.78 is 115. The van der Waals surface area contributed by atoms with Gasteiger partial charge in [0.1, 0.15) is 0 Å². The Morgan fingerprint density at radius 1 is 0.864 bits per heavy atom. The van der Waals surface area contributed by atoms with Crippen molar-refractivity contribution in [2.24, 2.45) is 0 Å². The molecule has 126 valence electrons. The van der Waals surface area contributed by atoms with Crippen molar-refractivity contribution in [1.29, 1.82) is 0 Å². The number of hydrogen-bond acceptors (Lipinski definition) is 1. The highest BCUT2D eigenvalue weighted by Gasteiger charge is 2.82. The zero-order valence-corrected chi connectivity index (χ0v) is 10.7. The van der Waals surface area contributed by atoms with E-state index in [0.29, 0.717) is 0 Å². The molecular formula is C12H9F9O. The van der Waals surface area contributed by atoms with Gasteiger partial charge >= 0.3 is 23.9 Å². The molecule has 0 amide bonds. The smallest absolute Gasteiger partial charge is 0.389 e. The minimum absolute atomic E-state index is 0.241. The average Bonchev–Trinajstić information content (AvgIpc) is 2.37. The highest BCUT2D eigenvalue weighted by Crippen LogP contribution is 2.56. The summed E-state index contributed by atoms with van der Waals surface area (Å²) >= 11 is 0. The van der Waals surface area contributed by atoms with Crippen molar-refractivity contribution >= 4 is 0 Å². The van der Waals surface area contributed by atoms with Gasteiger partial charge in [-0.25, -0.2) is 0 Å². The van der Waals surface area contributed by atoms with Gasteiger partial charge in [-0.1, -0.05) is 18.2 Å². The minimum Gasteiger partial charge on any atom is -0.389 e. The van der Waals surface area contributed by atoms with Gasteiger partial charge in [-0.15, -0.1) is 0 Å². The van der Waals surface area contributed by atoms with Crippen molar-refractivity contribution in [2.75, 3.05) is 0 Å². The molecule has 1 N–H and O–H groups in total. The molecule has 1 atom stereocenters. The van der Waals surface area contributed by atoms with Crippen molar-refractivity contribution in [3.63, 3.8) is 0 Å². The molecule has 0 saturated heterocycles. The molecule has 0 radical (unpaired) electrons. The van der Waals surface area contributed by atoms with E-state index in [-0.39, 0.29) is 17.7 Å². The summed E-state index contributed by atoms with van der Waals surface area (Å²) in [6.45, 7) is 1.07. The second kappa shape index (κ2) is 5.32. The van der Waals surface area contributed by atoms with Gasteiger partial charge in [0.05, 0.1) is 6.10 Å². The third-order valence-corrected chi connectivity index (χ3v) is 2.88. The van der Waals surface area contributed by atoms with Crippen molar-refractivity contribution in [1.82, 2.24) is 0 Å². The molecule has 0 aliphatic rings. The van der Waals surface area contributed by atoms with E-state index >= 15 is 0 Å². The van der Waals surface area contributed by atoms with Gasteiger partial charge in [0.15, 0.2) is 0 Å². The molecule has 0 aromatic heterocycles. The van der Waals surface area contributed by atoms with Gasteiger partial charge in [0, 0.05) is 5.56 Å². The van der Waals surface area contributed by atoms with Crippen LogP contribution in [-0.2, 0) is 5.92 Å². The highest BCUT2D eigenvalue weighted by atomic mass is 19.4. The van der Waals surface area contributed by atoms with Crippen LogP contribution in [0.25, 0.3) is 0 Å². The van der Waals surface area contributed by atoms with Crippen molar-refractivity contribution < 1.29 is 44.6 Å². The molecular weight excluding hydrogens is 331 g/mol. The van der Waals surface area contributed by atoms with Crippen molar-refractivity contribution in [2.45, 2.75) is 37.0 Å². The van der Waals surface area contributed by atoms with Gasteiger partial charge in [0.25, 0.3) is 0 Å². The monoisotopic (exact) mass is 340 g/mol. The lowest BCUT2D eigenvalue weighted by Crippen LogP contribution is -2.59. The molecule has 1 aromatic rings. The Kier molecular flexibility index (Phi) is 4.50. The minimum atomic E-state index is -6.94. The van der Waals surface area contributed by atoms with Gasteiger partial charge in [0.2, 0.25) is 0 Å². The first-order chi connectivity index (χ1) is 9.66. The predicted octanol–water partition coefficient (Wildman–Crippen LogP) is 4.66. The molecule has 1 nitrogen and oxygen atoms in total. The maximum absolute atomic E-state index is 13.6. The number of aliphatic hydroxyl groups is 1. The molecule has 0 heterocycles. The van der Waals surface area contributed by atoms with E-state index in [0.717, 1.165) is 19.1 Å². The quantitative estimate of drug-likeness (QED) is 0.790. The van der Waals surface area contributed by atoms with Crippen LogP contribution in [0.5, 0.6) is 0 Å². The molecule has 0 saturated carbocycles. The Balaban J connectivity index is 3.42. The summed E-state index contributed by atoms with van der Waals surface area (Å²) in [4.78, 5) is 0. The third kappa shape index (κ3) is 2.75. The van der Waals surface area contributed by atoms with E-state index < -0.39 is 35.6 Å². The van der Waals surface area contributed by atoms with Gasteiger partial charge in [-0.05, 0) is 18.6 Å². The highest BCUT2D eigenvalue weighted by molar-refractivity contribution is 5.30. The lowest BCUT2D eigenvalue weighted by Gasteiger charge is -2.34. The Morgan fingerprint density at radius 3 is 1.77 bits per heavy atom. The molecule has 0 fully saturated rings. The van der Waals surface area contributed by atoms with E-state index in [1.807, 2.05) is 0 Å². The van der Waals surface area contributed by atoms with Crippen molar-refractivity contribution in [3.05, 3.63) is 35.4 Å². The molecule has 0 spiro atoms. The van der Waals surface area contributed by atoms with Gasteiger partial charge in [-0.3, -0.25) is 0 Å². The van der Waals surface area contributed by atoms with E-state index in [1.165, 1.54) is 0 Å². The summed E-state index contributed by atoms with van der Waals surface area (Å²) in [6.07, 6.45) is -8.27. The van der Waals surface area contributed by atoms with Crippen LogP contribution in [0, 0.1) is 0 Å². The Hall–Kier alpha value is -1.45. The Morgan fingerprint density at radius 2 is 1.36 bits per heavy atom. The molecule has 1 unspecified atom stereocenters. The summed E-state index contributed by atoms with van der Waals surface area (Å²) in [5.74, 6) is -19.5. The van der Waals surface area contributed by atoms with Crippen LogP contribution in [0.1, 0.15) is 24.2 Å². The number of halogens is 9. The third-order valence-electron chi connectivity index (χ3n) is 2.88. The summed E-state index contributed by atoms with van der Waals surface area (Å²) in [7, 11) is 0. The van der Waals surface area contributed by atoms with Crippen LogP contribution in [0.3, 0.4) is 0 Å². The number of hydrogen-bond donors (Lipinski definition) is 1. The average molecular weight is 340 g/mol. The molecule has 1 rings (SSSR count). The first kappa shape index (κ1) is 18.6. The molecule has 0 aliphatic heterocycles. The molecule has 0 aliphatic carbocycles. The van der Waals surface area contributed by atoms with Crippen LogP contribution in [0.4, 0.5) is 39.5 Å². The summed E-state index contributed by atoms with van der Waals surface area (Å²) in [5.41, 5.74) is -2.11. The van der Waals surface area contributed by atoms with Crippen LogP contribution in [0.15, 0.2) is 24.3 Å². The van der Waals surface area contributed by atoms with E-state index in [4.69, 9.17) is 5.11 Å². The Bertz CT molecular complexity index is 534. The summed E-state index contributed by atoms with van der Waals surface area (Å²) in [6, 6.07) is 2.26. The fourth-order valence-corrected chi connectivity index (χ4v) is 1.55. The van der Waals surface area contributed by atoms with Crippen LogP contribution in [-0.4, -0.2) is 23.1 Å². The number of alkyl halides is 9. The van der Waals surface area contributed by atoms with E-state index in [1.54, 1.807) is 0 Å². The zero-order valence-electron chi connectivity index (χ0n) is 10.7. The number of rotatable bonds is 4. The van der Waals surface area contributed by atoms with Gasteiger partial charge < -0.3 is 5.11 Å².